The van der Waals surface area contributed by atoms with Gasteiger partial charge in [0.25, 0.3) is 0 Å². The summed E-state index contributed by atoms with van der Waals surface area (Å²) < 4.78 is 0. The SMILES string of the molecule is NC1CCCCC1C(=O)N1CCCCC1. The van der Waals surface area contributed by atoms with Gasteiger partial charge in [0.15, 0.2) is 0 Å². The highest BCUT2D eigenvalue weighted by Gasteiger charge is 2.31. The van der Waals surface area contributed by atoms with Crippen molar-refractivity contribution in [2.75, 3.05) is 13.1 Å². The third-order valence-corrected chi connectivity index (χ3v) is 3.80. The molecule has 0 radical (unpaired) electrons. The molecule has 1 aliphatic carbocycles. The summed E-state index contributed by atoms with van der Waals surface area (Å²) in [5, 5.41) is 0. The van der Waals surface area contributed by atoms with Gasteiger partial charge in [0.1, 0.15) is 0 Å². The van der Waals surface area contributed by atoms with E-state index >= 15 is 0 Å². The van der Waals surface area contributed by atoms with Crippen molar-refractivity contribution < 1.29 is 4.79 Å². The van der Waals surface area contributed by atoms with Gasteiger partial charge >= 0.3 is 0 Å². The minimum atomic E-state index is 0.119. The van der Waals surface area contributed by atoms with Crippen molar-refractivity contribution in [1.29, 1.82) is 0 Å². The summed E-state index contributed by atoms with van der Waals surface area (Å²) in [6.45, 7) is 1.92. The van der Waals surface area contributed by atoms with Gasteiger partial charge in [-0.05, 0) is 32.1 Å². The number of carbonyl (C=O) groups excluding carboxylic acids is 1. The normalized spacial score (nSPS) is 32.7. The Morgan fingerprint density at radius 1 is 1.00 bits per heavy atom. The van der Waals surface area contributed by atoms with Crippen LogP contribution in [0.2, 0.25) is 0 Å². The van der Waals surface area contributed by atoms with Crippen LogP contribution in [0.5, 0.6) is 0 Å². The summed E-state index contributed by atoms with van der Waals surface area (Å²) in [4.78, 5) is 14.3. The molecular weight excluding hydrogens is 188 g/mol. The van der Waals surface area contributed by atoms with Crippen molar-refractivity contribution in [3.8, 4) is 0 Å². The lowest BCUT2D eigenvalue weighted by Gasteiger charge is -2.34. The van der Waals surface area contributed by atoms with Crippen LogP contribution in [0.25, 0.3) is 0 Å². The second-order valence-corrected chi connectivity index (χ2v) is 4.94. The van der Waals surface area contributed by atoms with E-state index < -0.39 is 0 Å². The smallest absolute Gasteiger partial charge is 0.227 e. The predicted molar refractivity (Wildman–Crippen MR) is 60.4 cm³/mol. The first-order chi connectivity index (χ1) is 7.29. The van der Waals surface area contributed by atoms with Crippen molar-refractivity contribution >= 4 is 5.91 Å². The molecule has 2 atom stereocenters. The molecule has 1 heterocycles. The van der Waals surface area contributed by atoms with E-state index in [4.69, 9.17) is 5.73 Å². The molecule has 2 aliphatic rings. The largest absolute Gasteiger partial charge is 0.342 e. The zero-order chi connectivity index (χ0) is 10.7. The first-order valence-corrected chi connectivity index (χ1v) is 6.33. The maximum atomic E-state index is 12.2. The van der Waals surface area contributed by atoms with E-state index in [9.17, 15) is 4.79 Å². The highest BCUT2D eigenvalue weighted by atomic mass is 16.2. The fraction of sp³-hybridized carbons (Fsp3) is 0.917. The van der Waals surface area contributed by atoms with Crippen LogP contribution in [0.15, 0.2) is 0 Å². The molecule has 86 valence electrons. The van der Waals surface area contributed by atoms with Gasteiger partial charge in [0.05, 0.1) is 5.92 Å². The lowest BCUT2D eigenvalue weighted by Crippen LogP contribution is -2.47. The van der Waals surface area contributed by atoms with Gasteiger partial charge in [0.2, 0.25) is 5.91 Å². The van der Waals surface area contributed by atoms with Crippen molar-refractivity contribution in [2.45, 2.75) is 51.0 Å². The van der Waals surface area contributed by atoms with Crippen LogP contribution in [0.1, 0.15) is 44.9 Å². The zero-order valence-electron chi connectivity index (χ0n) is 9.45. The third kappa shape index (κ3) is 2.51. The van der Waals surface area contributed by atoms with Crippen LogP contribution in [-0.2, 0) is 4.79 Å². The molecule has 2 unspecified atom stereocenters. The maximum Gasteiger partial charge on any atom is 0.227 e. The van der Waals surface area contributed by atoms with Crippen molar-refractivity contribution in [3.05, 3.63) is 0 Å². The minimum Gasteiger partial charge on any atom is -0.342 e. The van der Waals surface area contributed by atoms with Crippen LogP contribution in [-0.4, -0.2) is 29.9 Å². The molecule has 1 saturated carbocycles. The summed E-state index contributed by atoms with van der Waals surface area (Å²) in [6.07, 6.45) is 8.05. The van der Waals surface area contributed by atoms with Gasteiger partial charge in [-0.1, -0.05) is 12.8 Å². The minimum absolute atomic E-state index is 0.119. The standard InChI is InChI=1S/C12H22N2O/c13-11-7-3-2-6-10(11)12(15)14-8-4-1-5-9-14/h10-11H,1-9,13H2. The zero-order valence-corrected chi connectivity index (χ0v) is 9.45. The Balaban J connectivity index is 1.92. The van der Waals surface area contributed by atoms with Gasteiger partial charge in [-0.25, -0.2) is 0 Å². The van der Waals surface area contributed by atoms with Crippen molar-refractivity contribution in [2.24, 2.45) is 11.7 Å². The second-order valence-electron chi connectivity index (χ2n) is 4.94. The molecule has 0 aromatic carbocycles. The molecule has 0 spiro atoms. The second kappa shape index (κ2) is 4.97. The number of rotatable bonds is 1. The molecule has 2 fully saturated rings. The molecule has 0 aromatic rings. The van der Waals surface area contributed by atoms with E-state index in [0.717, 1.165) is 25.9 Å². The van der Waals surface area contributed by atoms with Gasteiger partial charge < -0.3 is 10.6 Å². The highest BCUT2D eigenvalue weighted by Crippen LogP contribution is 2.25. The molecule has 2 rings (SSSR count). The van der Waals surface area contributed by atoms with Gasteiger partial charge in [-0.15, -0.1) is 0 Å². The maximum absolute atomic E-state index is 12.2. The molecule has 0 aromatic heterocycles. The number of nitrogens with two attached hydrogens (primary N) is 1. The third-order valence-electron chi connectivity index (χ3n) is 3.80. The Morgan fingerprint density at radius 2 is 1.67 bits per heavy atom. The van der Waals surface area contributed by atoms with Gasteiger partial charge in [-0.3, -0.25) is 4.79 Å². The molecule has 1 saturated heterocycles. The monoisotopic (exact) mass is 210 g/mol. The molecule has 0 bridgehead atoms. The summed E-state index contributed by atoms with van der Waals surface area (Å²) in [5.41, 5.74) is 6.04. The van der Waals surface area contributed by atoms with Crippen LogP contribution < -0.4 is 5.73 Å². The van der Waals surface area contributed by atoms with E-state index in [1.807, 2.05) is 4.90 Å². The molecular formula is C12H22N2O. The van der Waals surface area contributed by atoms with Crippen LogP contribution in [0, 0.1) is 5.92 Å². The van der Waals surface area contributed by atoms with E-state index in [1.54, 1.807) is 0 Å². The lowest BCUT2D eigenvalue weighted by atomic mass is 9.84. The van der Waals surface area contributed by atoms with E-state index in [0.29, 0.717) is 5.91 Å². The first kappa shape index (κ1) is 10.9. The number of hydrogen-bond donors (Lipinski definition) is 1. The van der Waals surface area contributed by atoms with E-state index in [1.165, 1.54) is 32.1 Å². The average Bonchev–Trinajstić information content (AvgIpc) is 2.30. The Kier molecular flexibility index (Phi) is 3.62. The summed E-state index contributed by atoms with van der Waals surface area (Å²) in [7, 11) is 0. The predicted octanol–water partition coefficient (Wildman–Crippen LogP) is 1.52. The summed E-state index contributed by atoms with van der Waals surface area (Å²) >= 11 is 0. The molecule has 1 amide bonds. The van der Waals surface area contributed by atoms with E-state index in [-0.39, 0.29) is 12.0 Å². The number of carbonyl (C=O) groups is 1. The average molecular weight is 210 g/mol. The molecule has 3 nitrogen and oxygen atoms in total. The van der Waals surface area contributed by atoms with Crippen LogP contribution in [0.3, 0.4) is 0 Å². The van der Waals surface area contributed by atoms with Gasteiger partial charge in [-0.2, -0.15) is 0 Å². The Bertz CT molecular complexity index is 224. The Labute approximate surface area is 92.0 Å². The van der Waals surface area contributed by atoms with Crippen LogP contribution in [0.4, 0.5) is 0 Å². The number of hydrogen-bond acceptors (Lipinski definition) is 2. The molecule has 1 aliphatic heterocycles. The molecule has 15 heavy (non-hydrogen) atoms. The molecule has 2 N–H and O–H groups in total. The fourth-order valence-electron chi connectivity index (χ4n) is 2.81. The quantitative estimate of drug-likeness (QED) is 0.713. The number of piperidine rings is 1. The first-order valence-electron chi connectivity index (χ1n) is 6.33. The van der Waals surface area contributed by atoms with Crippen molar-refractivity contribution in [3.63, 3.8) is 0 Å². The van der Waals surface area contributed by atoms with Gasteiger partial charge in [0, 0.05) is 19.1 Å². The number of amides is 1. The topological polar surface area (TPSA) is 46.3 Å². The Hall–Kier alpha value is -0.570. The fourth-order valence-corrected chi connectivity index (χ4v) is 2.81. The highest BCUT2D eigenvalue weighted by molar-refractivity contribution is 5.79. The number of nitrogens with zero attached hydrogens (tertiary/aromatic N) is 1. The van der Waals surface area contributed by atoms with Crippen molar-refractivity contribution in [1.82, 2.24) is 4.90 Å². The summed E-state index contributed by atoms with van der Waals surface area (Å²) in [6, 6.07) is 0.119. The number of likely N-dealkylation sites (tertiary alicyclic amines) is 1. The van der Waals surface area contributed by atoms with Crippen LogP contribution >= 0.6 is 0 Å². The Morgan fingerprint density at radius 3 is 2.33 bits per heavy atom. The summed E-state index contributed by atoms with van der Waals surface area (Å²) in [5.74, 6) is 0.457. The molecule has 3 heteroatoms. The van der Waals surface area contributed by atoms with E-state index in [2.05, 4.69) is 0 Å². The lowest BCUT2D eigenvalue weighted by molar-refractivity contribution is -0.138.